The Morgan fingerprint density at radius 3 is 2.88 bits per heavy atom. The maximum absolute atomic E-state index is 13.3. The van der Waals surface area contributed by atoms with Crippen LogP contribution in [0.2, 0.25) is 0 Å². The number of aromatic amines is 2. The van der Waals surface area contributed by atoms with Gasteiger partial charge in [0.2, 0.25) is 5.60 Å². The fraction of sp³-hybridized carbons (Fsp3) is 0.286. The van der Waals surface area contributed by atoms with Crippen LogP contribution >= 0.6 is 11.3 Å². The first kappa shape index (κ1) is 15.4. The molecule has 24 heavy (non-hydrogen) atoms. The summed E-state index contributed by atoms with van der Waals surface area (Å²) in [5.74, 6) is 0. The average Bonchev–Trinajstić information content (AvgIpc) is 3.16. The van der Waals surface area contributed by atoms with Crippen molar-refractivity contribution in [2.75, 3.05) is 6.61 Å². The molecule has 1 aliphatic rings. The molecule has 1 atom stereocenters. The van der Waals surface area contributed by atoms with Gasteiger partial charge >= 0.3 is 6.18 Å². The molecule has 0 fully saturated rings. The molecule has 126 valence electrons. The number of aliphatic hydroxyl groups is 1. The highest BCUT2D eigenvalue weighted by molar-refractivity contribution is 7.22. The molecule has 0 unspecified atom stereocenters. The first-order chi connectivity index (χ1) is 11.3. The molecule has 0 saturated carbocycles. The molecular weight excluding hydrogens is 347 g/mol. The van der Waals surface area contributed by atoms with E-state index >= 15 is 0 Å². The SMILES string of the molecule is O=c1[nH]c2c(c3cc(-c4cn[nH]c4)sc13)COC[C@@]2(O)C(F)(F)F. The van der Waals surface area contributed by atoms with E-state index in [0.717, 1.165) is 11.3 Å². The van der Waals surface area contributed by atoms with Crippen LogP contribution in [0.1, 0.15) is 11.3 Å². The van der Waals surface area contributed by atoms with Crippen LogP contribution in [0.25, 0.3) is 20.5 Å². The number of thiophene rings is 1. The van der Waals surface area contributed by atoms with Crippen LogP contribution in [-0.4, -0.2) is 33.1 Å². The number of hydrogen-bond donors (Lipinski definition) is 3. The number of fused-ring (bicyclic) bond motifs is 3. The highest BCUT2D eigenvalue weighted by Gasteiger charge is 2.58. The number of alkyl halides is 3. The van der Waals surface area contributed by atoms with Gasteiger partial charge in [-0.05, 0) is 6.07 Å². The topological polar surface area (TPSA) is 91.0 Å². The van der Waals surface area contributed by atoms with Crippen molar-refractivity contribution in [1.29, 1.82) is 0 Å². The zero-order valence-corrected chi connectivity index (χ0v) is 12.7. The lowest BCUT2D eigenvalue weighted by atomic mass is 9.91. The molecule has 3 aromatic heterocycles. The molecule has 4 rings (SSSR count). The largest absolute Gasteiger partial charge is 0.425 e. The first-order valence-electron chi connectivity index (χ1n) is 6.86. The van der Waals surface area contributed by atoms with E-state index in [4.69, 9.17) is 4.74 Å². The molecule has 0 radical (unpaired) electrons. The predicted molar refractivity (Wildman–Crippen MR) is 79.6 cm³/mol. The van der Waals surface area contributed by atoms with Crippen molar-refractivity contribution in [2.24, 2.45) is 0 Å². The van der Waals surface area contributed by atoms with Crippen LogP contribution in [0.3, 0.4) is 0 Å². The molecule has 0 bridgehead atoms. The Morgan fingerprint density at radius 1 is 1.42 bits per heavy atom. The van der Waals surface area contributed by atoms with Crippen LogP contribution in [0, 0.1) is 0 Å². The number of nitrogens with one attached hydrogen (secondary N) is 2. The van der Waals surface area contributed by atoms with Gasteiger partial charge in [0.15, 0.2) is 0 Å². The Hall–Kier alpha value is -2.17. The zero-order chi connectivity index (χ0) is 17.1. The molecule has 6 nitrogen and oxygen atoms in total. The van der Waals surface area contributed by atoms with Gasteiger partial charge in [-0.25, -0.2) is 0 Å². The van der Waals surface area contributed by atoms with Gasteiger partial charge in [-0.3, -0.25) is 9.89 Å². The molecule has 1 aliphatic heterocycles. The van der Waals surface area contributed by atoms with Crippen molar-refractivity contribution in [3.8, 4) is 10.4 Å². The molecule has 4 heterocycles. The summed E-state index contributed by atoms with van der Waals surface area (Å²) in [6.07, 6.45) is -1.80. The zero-order valence-electron chi connectivity index (χ0n) is 11.9. The maximum Gasteiger partial charge on any atom is 0.425 e. The molecule has 0 saturated heterocycles. The van der Waals surface area contributed by atoms with Gasteiger partial charge < -0.3 is 14.8 Å². The maximum atomic E-state index is 13.3. The van der Waals surface area contributed by atoms with E-state index in [2.05, 4.69) is 15.2 Å². The lowest BCUT2D eigenvalue weighted by Gasteiger charge is -2.35. The number of hydrogen-bond acceptors (Lipinski definition) is 5. The second kappa shape index (κ2) is 4.91. The molecular formula is C14H10F3N3O3S. The summed E-state index contributed by atoms with van der Waals surface area (Å²) in [4.78, 5) is 15.1. The second-order valence-corrected chi connectivity index (χ2v) is 6.55. The minimum atomic E-state index is -4.97. The summed E-state index contributed by atoms with van der Waals surface area (Å²) in [6, 6.07) is 1.62. The van der Waals surface area contributed by atoms with Gasteiger partial charge in [0.05, 0.1) is 25.1 Å². The lowest BCUT2D eigenvalue weighted by molar-refractivity contribution is -0.289. The predicted octanol–water partition coefficient (Wildman–Crippen LogP) is 2.26. The monoisotopic (exact) mass is 357 g/mol. The standard InChI is InChI=1S/C14H10F3N3O3S/c15-14(16,17)13(22)5-23-4-8-7-1-9(6-2-18-19-3-6)24-10(7)12(21)20-11(8)13/h1-3,22H,4-5H2,(H,18,19)(H,20,21)/t13-/m0/s1. The van der Waals surface area contributed by atoms with Crippen LogP contribution in [0.15, 0.2) is 23.3 Å². The summed E-state index contributed by atoms with van der Waals surface area (Å²) >= 11 is 1.14. The highest BCUT2D eigenvalue weighted by atomic mass is 32.1. The molecule has 3 N–H and O–H groups in total. The number of pyridine rings is 1. The van der Waals surface area contributed by atoms with E-state index in [1.54, 1.807) is 18.5 Å². The number of halogens is 3. The van der Waals surface area contributed by atoms with Gasteiger partial charge in [-0.2, -0.15) is 18.3 Å². The van der Waals surface area contributed by atoms with Gasteiger partial charge in [0.25, 0.3) is 5.56 Å². The Kier molecular flexibility index (Phi) is 3.15. The van der Waals surface area contributed by atoms with Crippen molar-refractivity contribution < 1.29 is 23.0 Å². The number of rotatable bonds is 1. The quantitative estimate of drug-likeness (QED) is 0.623. The van der Waals surface area contributed by atoms with Crippen molar-refractivity contribution in [3.63, 3.8) is 0 Å². The molecule has 0 spiro atoms. The van der Waals surface area contributed by atoms with Gasteiger partial charge in [0, 0.05) is 27.6 Å². The summed E-state index contributed by atoms with van der Waals surface area (Å²) in [5.41, 5.74) is -3.59. The molecule has 0 aromatic carbocycles. The van der Waals surface area contributed by atoms with E-state index in [9.17, 15) is 23.1 Å². The van der Waals surface area contributed by atoms with Crippen LogP contribution in [0.5, 0.6) is 0 Å². The third kappa shape index (κ3) is 2.03. The van der Waals surface area contributed by atoms with Gasteiger partial charge in [-0.15, -0.1) is 11.3 Å². The normalized spacial score (nSPS) is 21.2. The van der Waals surface area contributed by atoms with Crippen LogP contribution in [-0.2, 0) is 16.9 Å². The Labute approximate surface area is 135 Å². The Balaban J connectivity index is 2.01. The summed E-state index contributed by atoms with van der Waals surface area (Å²) < 4.78 is 45.2. The molecule has 3 aromatic rings. The molecule has 0 aliphatic carbocycles. The van der Waals surface area contributed by atoms with E-state index in [-0.39, 0.29) is 16.9 Å². The Bertz CT molecular complexity index is 977. The summed E-state index contributed by atoms with van der Waals surface area (Å²) in [6.45, 7) is -1.08. The van der Waals surface area contributed by atoms with E-state index in [1.165, 1.54) is 0 Å². The number of nitrogens with zero attached hydrogens (tertiary/aromatic N) is 1. The highest BCUT2D eigenvalue weighted by Crippen LogP contribution is 2.44. The number of aromatic nitrogens is 3. The number of H-pyrrole nitrogens is 2. The third-order valence-electron chi connectivity index (χ3n) is 4.03. The van der Waals surface area contributed by atoms with Crippen LogP contribution < -0.4 is 5.56 Å². The first-order valence-corrected chi connectivity index (χ1v) is 7.68. The van der Waals surface area contributed by atoms with E-state index < -0.39 is 29.6 Å². The number of ether oxygens (including phenoxy) is 1. The van der Waals surface area contributed by atoms with Gasteiger partial charge in [-0.1, -0.05) is 0 Å². The fourth-order valence-corrected chi connectivity index (χ4v) is 3.85. The van der Waals surface area contributed by atoms with Crippen LogP contribution in [0.4, 0.5) is 13.2 Å². The lowest BCUT2D eigenvalue weighted by Crippen LogP contribution is -2.50. The van der Waals surface area contributed by atoms with Crippen molar-refractivity contribution in [1.82, 2.24) is 15.2 Å². The minimum Gasteiger partial charge on any atom is -0.373 e. The molecule has 0 amide bonds. The fourth-order valence-electron chi connectivity index (χ4n) is 2.79. The van der Waals surface area contributed by atoms with Crippen molar-refractivity contribution in [2.45, 2.75) is 18.4 Å². The minimum absolute atomic E-state index is 0.122. The Morgan fingerprint density at radius 2 is 2.21 bits per heavy atom. The summed E-state index contributed by atoms with van der Waals surface area (Å²) in [7, 11) is 0. The molecule has 10 heteroatoms. The summed E-state index contributed by atoms with van der Waals surface area (Å²) in [5, 5.41) is 16.9. The van der Waals surface area contributed by atoms with Crippen molar-refractivity contribution >= 4 is 21.4 Å². The van der Waals surface area contributed by atoms with E-state index in [1.807, 2.05) is 0 Å². The second-order valence-electron chi connectivity index (χ2n) is 5.50. The van der Waals surface area contributed by atoms with Crippen molar-refractivity contribution in [3.05, 3.63) is 40.1 Å². The third-order valence-corrected chi connectivity index (χ3v) is 5.21. The van der Waals surface area contributed by atoms with Gasteiger partial charge in [0.1, 0.15) is 4.70 Å². The average molecular weight is 357 g/mol. The van der Waals surface area contributed by atoms with E-state index in [0.29, 0.717) is 15.8 Å². The smallest absolute Gasteiger partial charge is 0.373 e.